The van der Waals surface area contributed by atoms with Crippen LogP contribution in [-0.4, -0.2) is 25.7 Å². The Balaban J connectivity index is 1.34. The lowest BCUT2D eigenvalue weighted by molar-refractivity contribution is 0.0430. The Morgan fingerprint density at radius 2 is 1.94 bits per heavy atom. The SMILES string of the molecule is O=C(OCc1nc(-c2ccccc2Cl)no1)c1ccc2c(=O)n3c(nc2c1)CCCCCC3. The Morgan fingerprint density at radius 3 is 2.82 bits per heavy atom. The fourth-order valence-corrected chi connectivity index (χ4v) is 4.22. The molecule has 0 amide bonds. The number of hydrogen-bond acceptors (Lipinski definition) is 7. The van der Waals surface area contributed by atoms with E-state index >= 15 is 0 Å². The molecule has 1 aliphatic heterocycles. The van der Waals surface area contributed by atoms with Gasteiger partial charge in [-0.25, -0.2) is 9.78 Å². The minimum atomic E-state index is -0.567. The number of rotatable bonds is 4. The van der Waals surface area contributed by atoms with Gasteiger partial charge in [0.25, 0.3) is 11.4 Å². The summed E-state index contributed by atoms with van der Waals surface area (Å²) in [5, 5.41) is 4.89. The number of nitrogens with zero attached hydrogens (tertiary/aromatic N) is 4. The van der Waals surface area contributed by atoms with Crippen molar-refractivity contribution in [2.24, 2.45) is 0 Å². The first kappa shape index (κ1) is 21.3. The predicted octanol–water partition coefficient (Wildman–Crippen LogP) is 4.57. The summed E-state index contributed by atoms with van der Waals surface area (Å²) in [4.78, 5) is 34.5. The van der Waals surface area contributed by atoms with Crippen molar-refractivity contribution in [1.29, 1.82) is 0 Å². The van der Waals surface area contributed by atoms with E-state index in [0.717, 1.165) is 37.9 Å². The number of esters is 1. The second kappa shape index (κ2) is 9.15. The van der Waals surface area contributed by atoms with Crippen LogP contribution in [0.4, 0.5) is 0 Å². The fraction of sp³-hybridized carbons (Fsp3) is 0.292. The number of benzene rings is 2. The lowest BCUT2D eigenvalue weighted by atomic mass is 10.1. The van der Waals surface area contributed by atoms with Gasteiger partial charge in [-0.15, -0.1) is 0 Å². The molecule has 0 radical (unpaired) electrons. The summed E-state index contributed by atoms with van der Waals surface area (Å²) < 4.78 is 12.3. The van der Waals surface area contributed by atoms with Crippen LogP contribution in [0.2, 0.25) is 5.02 Å². The van der Waals surface area contributed by atoms with E-state index in [-0.39, 0.29) is 18.1 Å². The first-order valence-electron chi connectivity index (χ1n) is 10.9. The van der Waals surface area contributed by atoms with Crippen molar-refractivity contribution in [2.75, 3.05) is 0 Å². The average Bonchev–Trinajstić information content (AvgIpc) is 3.27. The Labute approximate surface area is 194 Å². The Morgan fingerprint density at radius 1 is 1.09 bits per heavy atom. The second-order valence-electron chi connectivity index (χ2n) is 7.95. The molecule has 0 atom stereocenters. The molecular weight excluding hydrogens is 444 g/mol. The van der Waals surface area contributed by atoms with Crippen LogP contribution in [0.25, 0.3) is 22.3 Å². The summed E-state index contributed by atoms with van der Waals surface area (Å²) >= 11 is 6.16. The molecule has 1 aliphatic rings. The molecule has 168 valence electrons. The maximum absolute atomic E-state index is 12.9. The van der Waals surface area contributed by atoms with Gasteiger partial charge in [-0.3, -0.25) is 9.36 Å². The lowest BCUT2D eigenvalue weighted by Crippen LogP contribution is -2.26. The Kier molecular flexibility index (Phi) is 5.92. The number of carbonyl (C=O) groups is 1. The summed E-state index contributed by atoms with van der Waals surface area (Å²) in [5.41, 5.74) is 1.37. The summed E-state index contributed by atoms with van der Waals surface area (Å²) in [5.74, 6) is 0.675. The van der Waals surface area contributed by atoms with Crippen LogP contribution < -0.4 is 5.56 Å². The van der Waals surface area contributed by atoms with Crippen LogP contribution in [0.15, 0.2) is 51.8 Å². The fourth-order valence-electron chi connectivity index (χ4n) is 4.00. The van der Waals surface area contributed by atoms with E-state index in [1.54, 1.807) is 41.0 Å². The molecule has 0 saturated heterocycles. The number of aryl methyl sites for hydroxylation is 1. The van der Waals surface area contributed by atoms with E-state index in [2.05, 4.69) is 15.1 Å². The molecule has 2 aromatic heterocycles. The summed E-state index contributed by atoms with van der Waals surface area (Å²) in [7, 11) is 0. The molecule has 0 aliphatic carbocycles. The van der Waals surface area contributed by atoms with Crippen molar-refractivity contribution in [1.82, 2.24) is 19.7 Å². The number of fused-ring (bicyclic) bond motifs is 2. The van der Waals surface area contributed by atoms with E-state index < -0.39 is 5.97 Å². The molecule has 0 saturated carbocycles. The van der Waals surface area contributed by atoms with Crippen LogP contribution in [0.1, 0.15) is 47.8 Å². The normalized spacial score (nSPS) is 13.8. The molecule has 33 heavy (non-hydrogen) atoms. The van der Waals surface area contributed by atoms with E-state index in [1.165, 1.54) is 0 Å². The predicted molar refractivity (Wildman–Crippen MR) is 122 cm³/mol. The maximum Gasteiger partial charge on any atom is 0.338 e. The number of ether oxygens (including phenoxy) is 1. The van der Waals surface area contributed by atoms with Gasteiger partial charge in [-0.1, -0.05) is 41.7 Å². The standard InChI is InChI=1S/C24H21ClN4O4/c25-18-8-5-4-7-16(18)22-27-21(33-28-22)14-32-24(31)15-10-11-17-19(13-15)26-20-9-3-1-2-6-12-29(20)23(17)30/h4-5,7-8,10-11,13H,1-3,6,9,12,14H2. The van der Waals surface area contributed by atoms with Crippen LogP contribution in [-0.2, 0) is 24.3 Å². The lowest BCUT2D eigenvalue weighted by Gasteiger charge is -2.16. The van der Waals surface area contributed by atoms with E-state index in [1.807, 2.05) is 6.07 Å². The topological polar surface area (TPSA) is 100 Å². The van der Waals surface area contributed by atoms with E-state index in [9.17, 15) is 9.59 Å². The van der Waals surface area contributed by atoms with Gasteiger partial charge in [0.2, 0.25) is 5.82 Å². The van der Waals surface area contributed by atoms with Crippen molar-refractivity contribution in [2.45, 2.75) is 45.3 Å². The smallest absolute Gasteiger partial charge is 0.338 e. The molecule has 0 bridgehead atoms. The van der Waals surface area contributed by atoms with Crippen molar-refractivity contribution < 1.29 is 14.1 Å². The first-order valence-corrected chi connectivity index (χ1v) is 11.3. The molecule has 9 heteroatoms. The van der Waals surface area contributed by atoms with Gasteiger partial charge in [-0.2, -0.15) is 4.98 Å². The Hall–Kier alpha value is -3.52. The summed E-state index contributed by atoms with van der Waals surface area (Å²) in [6.07, 6.45) is 4.98. The van der Waals surface area contributed by atoms with Crippen molar-refractivity contribution in [3.8, 4) is 11.4 Å². The maximum atomic E-state index is 12.9. The molecule has 8 nitrogen and oxygen atoms in total. The minimum Gasteiger partial charge on any atom is -0.452 e. The van der Waals surface area contributed by atoms with Crippen molar-refractivity contribution >= 4 is 28.5 Å². The zero-order valence-electron chi connectivity index (χ0n) is 17.8. The molecule has 5 rings (SSSR count). The van der Waals surface area contributed by atoms with Crippen LogP contribution in [0.3, 0.4) is 0 Å². The number of aromatic nitrogens is 4. The Bertz CT molecular complexity index is 1390. The second-order valence-corrected chi connectivity index (χ2v) is 8.36. The minimum absolute atomic E-state index is 0.0604. The summed E-state index contributed by atoms with van der Waals surface area (Å²) in [6, 6.07) is 11.9. The molecule has 4 aromatic rings. The van der Waals surface area contributed by atoms with Crippen LogP contribution in [0, 0.1) is 0 Å². The van der Waals surface area contributed by atoms with Crippen molar-refractivity contribution in [3.63, 3.8) is 0 Å². The highest BCUT2D eigenvalue weighted by Gasteiger charge is 2.17. The molecule has 0 N–H and O–H groups in total. The highest BCUT2D eigenvalue weighted by Crippen LogP contribution is 2.25. The van der Waals surface area contributed by atoms with E-state index in [4.69, 9.17) is 20.9 Å². The molecular formula is C24H21ClN4O4. The molecule has 2 aromatic carbocycles. The number of carbonyl (C=O) groups excluding carboxylic acids is 1. The highest BCUT2D eigenvalue weighted by molar-refractivity contribution is 6.33. The van der Waals surface area contributed by atoms with Gasteiger partial charge in [0.1, 0.15) is 5.82 Å². The zero-order valence-corrected chi connectivity index (χ0v) is 18.5. The number of halogens is 1. The molecule has 0 spiro atoms. The van der Waals surface area contributed by atoms with Crippen LogP contribution >= 0.6 is 11.6 Å². The molecule has 0 fully saturated rings. The third kappa shape index (κ3) is 4.39. The molecule has 3 heterocycles. The van der Waals surface area contributed by atoms with Gasteiger partial charge in [0.05, 0.1) is 21.5 Å². The van der Waals surface area contributed by atoms with Crippen molar-refractivity contribution in [3.05, 3.63) is 75.1 Å². The highest BCUT2D eigenvalue weighted by atomic mass is 35.5. The van der Waals surface area contributed by atoms with Gasteiger partial charge >= 0.3 is 5.97 Å². The number of hydrogen-bond donors (Lipinski definition) is 0. The monoisotopic (exact) mass is 464 g/mol. The zero-order chi connectivity index (χ0) is 22.8. The third-order valence-corrected chi connectivity index (χ3v) is 6.04. The quantitative estimate of drug-likeness (QED) is 0.407. The van der Waals surface area contributed by atoms with E-state index in [0.29, 0.717) is 39.4 Å². The molecule has 0 unspecified atom stereocenters. The van der Waals surface area contributed by atoms with Gasteiger partial charge in [0.15, 0.2) is 6.61 Å². The average molecular weight is 465 g/mol. The van der Waals surface area contributed by atoms with Crippen LogP contribution in [0.5, 0.6) is 0 Å². The largest absolute Gasteiger partial charge is 0.452 e. The first-order chi connectivity index (χ1) is 16.1. The van der Waals surface area contributed by atoms with Gasteiger partial charge < -0.3 is 9.26 Å². The third-order valence-electron chi connectivity index (χ3n) is 5.71. The van der Waals surface area contributed by atoms with Gasteiger partial charge in [0, 0.05) is 18.5 Å². The van der Waals surface area contributed by atoms with Gasteiger partial charge in [-0.05, 0) is 43.2 Å². The summed E-state index contributed by atoms with van der Waals surface area (Å²) in [6.45, 7) is 0.496.